The Morgan fingerprint density at radius 2 is 1.97 bits per heavy atom. The van der Waals surface area contributed by atoms with Crippen LogP contribution in [0.5, 0.6) is 0 Å². The van der Waals surface area contributed by atoms with Crippen molar-refractivity contribution in [1.82, 2.24) is 19.5 Å². The van der Waals surface area contributed by atoms with E-state index >= 15 is 0 Å². The second kappa shape index (κ2) is 9.12. The molecule has 0 aliphatic carbocycles. The number of nitrogens with one attached hydrogen (secondary N) is 1. The molecular weight excluding hydrogens is 466 g/mol. The predicted molar refractivity (Wildman–Crippen MR) is 135 cm³/mol. The molecule has 11 heteroatoms. The fraction of sp³-hybridized carbons (Fsp3) is 0.458. The van der Waals surface area contributed by atoms with E-state index in [0.29, 0.717) is 12.1 Å². The number of fused-ring (bicyclic) bond motifs is 1. The average molecular weight is 498 g/mol. The Kier molecular flexibility index (Phi) is 6.14. The van der Waals surface area contributed by atoms with Gasteiger partial charge in [0.1, 0.15) is 5.82 Å². The summed E-state index contributed by atoms with van der Waals surface area (Å²) < 4.78 is 27.9. The van der Waals surface area contributed by atoms with Crippen molar-refractivity contribution in [3.05, 3.63) is 53.3 Å². The van der Waals surface area contributed by atoms with E-state index in [4.69, 9.17) is 15.8 Å². The summed E-state index contributed by atoms with van der Waals surface area (Å²) in [5.41, 5.74) is 9.26. The van der Waals surface area contributed by atoms with Crippen molar-refractivity contribution in [2.75, 3.05) is 35.5 Å². The van der Waals surface area contributed by atoms with Gasteiger partial charge in [0, 0.05) is 43.5 Å². The van der Waals surface area contributed by atoms with Crippen LogP contribution in [0.25, 0.3) is 5.65 Å². The number of nitrogens with zero attached hydrogens (tertiary/aromatic N) is 5. The Morgan fingerprint density at radius 3 is 2.71 bits per heavy atom. The number of carbonyl (C=O) groups excluding carboxylic acids is 1. The molecule has 2 aromatic heterocycles. The molecule has 1 amide bonds. The monoisotopic (exact) mass is 497 g/mol. The maximum atomic E-state index is 13.6. The van der Waals surface area contributed by atoms with Gasteiger partial charge in [0.05, 0.1) is 29.2 Å². The van der Waals surface area contributed by atoms with E-state index in [1.807, 2.05) is 19.2 Å². The number of amides is 1. The number of nitrogens with two attached hydrogens (primary N) is 1. The van der Waals surface area contributed by atoms with E-state index < -0.39 is 10.0 Å². The molecule has 2 fully saturated rings. The molecule has 2 aliphatic heterocycles. The molecule has 2 saturated heterocycles. The van der Waals surface area contributed by atoms with Gasteiger partial charge >= 0.3 is 0 Å². The lowest BCUT2D eigenvalue weighted by molar-refractivity contribution is 0.0607. The number of sulfonamides is 1. The highest BCUT2D eigenvalue weighted by Crippen LogP contribution is 2.34. The Balaban J connectivity index is 1.47. The number of rotatable bonds is 5. The van der Waals surface area contributed by atoms with Crippen molar-refractivity contribution in [3.8, 4) is 0 Å². The minimum atomic E-state index is -3.52. The van der Waals surface area contributed by atoms with Crippen molar-refractivity contribution < 1.29 is 13.2 Å². The number of aryl methyl sites for hydroxylation is 1. The minimum Gasteiger partial charge on any atom is -0.355 e. The quantitative estimate of drug-likeness (QED) is 0.554. The Bertz CT molecular complexity index is 1370. The number of likely N-dealkylation sites (tertiary alicyclic amines) is 1. The molecule has 0 spiro atoms. The number of aromatic nitrogens is 3. The van der Waals surface area contributed by atoms with E-state index in [1.54, 1.807) is 33.7 Å². The molecule has 1 aromatic carbocycles. The van der Waals surface area contributed by atoms with Crippen LogP contribution >= 0.6 is 0 Å². The Hall–Kier alpha value is -3.18. The van der Waals surface area contributed by atoms with Crippen LogP contribution in [0.3, 0.4) is 0 Å². The lowest BCUT2D eigenvalue weighted by atomic mass is 9.98. The van der Waals surface area contributed by atoms with Gasteiger partial charge in [0.15, 0.2) is 5.65 Å². The van der Waals surface area contributed by atoms with Crippen LogP contribution in [0.4, 0.5) is 11.5 Å². The first-order valence-electron chi connectivity index (χ1n) is 11.9. The number of hydrogen-bond acceptors (Lipinski definition) is 7. The highest BCUT2D eigenvalue weighted by molar-refractivity contribution is 7.92. The van der Waals surface area contributed by atoms with Gasteiger partial charge in [-0.1, -0.05) is 12.1 Å². The zero-order chi connectivity index (χ0) is 24.7. The van der Waals surface area contributed by atoms with Crippen LogP contribution < -0.4 is 15.4 Å². The van der Waals surface area contributed by atoms with Crippen LogP contribution in [0.2, 0.25) is 0 Å². The summed E-state index contributed by atoms with van der Waals surface area (Å²) in [6, 6.07) is 8.61. The standard InChI is InChI=1S/C24H31N7O3S/c1-16-14-31-22(26-23(16)29-12-10-17(25)15-29)13-20(27-31)21-9-5-6-11-30(21)24(32)18-7-3-4-8-19(18)28-35(2,33)34/h3-4,7-8,13-14,17,21,28H,5-6,9-12,15,25H2,1-2H3/t17-,21+/m0/s1. The molecule has 3 N–H and O–H groups in total. The maximum Gasteiger partial charge on any atom is 0.256 e. The molecule has 0 unspecified atom stereocenters. The summed E-state index contributed by atoms with van der Waals surface area (Å²) >= 11 is 0. The Labute approximate surface area is 205 Å². The second-order valence-corrected chi connectivity index (χ2v) is 11.3. The highest BCUT2D eigenvalue weighted by atomic mass is 32.2. The Morgan fingerprint density at radius 1 is 1.17 bits per heavy atom. The SMILES string of the molecule is Cc1cn2nc([C@H]3CCCCN3C(=O)c3ccccc3NS(C)(=O)=O)cc2nc1N1CC[C@H](N)C1. The van der Waals surface area contributed by atoms with Crippen LogP contribution in [0.15, 0.2) is 36.5 Å². The molecular formula is C24H31N7O3S. The fourth-order valence-corrected chi connectivity index (χ4v) is 5.65. The van der Waals surface area contributed by atoms with Gasteiger partial charge in [-0.2, -0.15) is 5.10 Å². The molecule has 0 bridgehead atoms. The third-order valence-corrected chi connectivity index (χ3v) is 7.30. The average Bonchev–Trinajstić information content (AvgIpc) is 3.43. The van der Waals surface area contributed by atoms with Gasteiger partial charge in [0.25, 0.3) is 5.91 Å². The largest absolute Gasteiger partial charge is 0.355 e. The molecule has 0 saturated carbocycles. The third kappa shape index (κ3) is 4.83. The minimum absolute atomic E-state index is 0.162. The number of anilines is 2. The fourth-order valence-electron chi connectivity index (χ4n) is 5.08. The van der Waals surface area contributed by atoms with Crippen molar-refractivity contribution in [2.45, 2.75) is 44.7 Å². The lowest BCUT2D eigenvalue weighted by Gasteiger charge is -2.35. The first-order valence-corrected chi connectivity index (χ1v) is 13.8. The molecule has 0 radical (unpaired) electrons. The van der Waals surface area contributed by atoms with Gasteiger partial charge < -0.3 is 15.5 Å². The van der Waals surface area contributed by atoms with E-state index in [9.17, 15) is 13.2 Å². The number of benzene rings is 1. The van der Waals surface area contributed by atoms with Crippen molar-refractivity contribution >= 4 is 33.1 Å². The summed E-state index contributed by atoms with van der Waals surface area (Å²) in [6.45, 7) is 4.28. The number of carbonyl (C=O) groups is 1. The van der Waals surface area contributed by atoms with Crippen LogP contribution in [-0.2, 0) is 10.0 Å². The topological polar surface area (TPSA) is 126 Å². The summed E-state index contributed by atoms with van der Waals surface area (Å²) in [7, 11) is -3.52. The summed E-state index contributed by atoms with van der Waals surface area (Å²) in [5.74, 6) is 0.712. The van der Waals surface area contributed by atoms with Crippen molar-refractivity contribution in [1.29, 1.82) is 0 Å². The zero-order valence-electron chi connectivity index (χ0n) is 20.0. The van der Waals surface area contributed by atoms with Crippen LogP contribution in [-0.4, -0.2) is 65.8 Å². The molecule has 3 aromatic rings. The smallest absolute Gasteiger partial charge is 0.256 e. The molecule has 2 atom stereocenters. The first kappa shape index (κ1) is 23.6. The summed E-state index contributed by atoms with van der Waals surface area (Å²) in [6.07, 6.45) is 6.65. The summed E-state index contributed by atoms with van der Waals surface area (Å²) in [5, 5.41) is 4.79. The first-order chi connectivity index (χ1) is 16.7. The van der Waals surface area contributed by atoms with Gasteiger partial charge in [-0.15, -0.1) is 0 Å². The molecule has 5 rings (SSSR count). The number of para-hydroxylation sites is 1. The zero-order valence-corrected chi connectivity index (χ0v) is 20.8. The van der Waals surface area contributed by atoms with Crippen LogP contribution in [0, 0.1) is 6.92 Å². The van der Waals surface area contributed by atoms with Gasteiger partial charge in [-0.25, -0.2) is 17.9 Å². The van der Waals surface area contributed by atoms with E-state index in [-0.39, 0.29) is 23.7 Å². The third-order valence-electron chi connectivity index (χ3n) is 6.71. The second-order valence-electron chi connectivity index (χ2n) is 9.54. The van der Waals surface area contributed by atoms with Gasteiger partial charge in [-0.3, -0.25) is 9.52 Å². The number of hydrogen-bond donors (Lipinski definition) is 2. The molecule has 4 heterocycles. The predicted octanol–water partition coefficient (Wildman–Crippen LogP) is 2.31. The maximum absolute atomic E-state index is 13.6. The normalized spacial score (nSPS) is 21.0. The van der Waals surface area contributed by atoms with Crippen molar-refractivity contribution in [2.24, 2.45) is 5.73 Å². The van der Waals surface area contributed by atoms with E-state index in [2.05, 4.69) is 9.62 Å². The van der Waals surface area contributed by atoms with E-state index in [1.165, 1.54) is 0 Å². The molecule has 2 aliphatic rings. The lowest BCUT2D eigenvalue weighted by Crippen LogP contribution is -2.39. The summed E-state index contributed by atoms with van der Waals surface area (Å²) in [4.78, 5) is 22.5. The van der Waals surface area contributed by atoms with Gasteiger partial charge in [-0.05, 0) is 44.7 Å². The highest BCUT2D eigenvalue weighted by Gasteiger charge is 2.32. The molecule has 35 heavy (non-hydrogen) atoms. The van der Waals surface area contributed by atoms with Crippen LogP contribution in [0.1, 0.15) is 53.3 Å². The number of piperidine rings is 1. The molecule has 10 nitrogen and oxygen atoms in total. The van der Waals surface area contributed by atoms with Crippen molar-refractivity contribution in [3.63, 3.8) is 0 Å². The van der Waals surface area contributed by atoms with E-state index in [0.717, 1.165) is 67.8 Å². The van der Waals surface area contributed by atoms with Gasteiger partial charge in [0.2, 0.25) is 10.0 Å². The molecule has 186 valence electrons.